The summed E-state index contributed by atoms with van der Waals surface area (Å²) in [4.78, 5) is 11.8. The summed E-state index contributed by atoms with van der Waals surface area (Å²) in [6.07, 6.45) is 2.93. The van der Waals surface area contributed by atoms with E-state index >= 15 is 0 Å². The number of methoxy groups -OCH3 is 1. The van der Waals surface area contributed by atoms with Crippen LogP contribution in [0.5, 0.6) is 0 Å². The molecule has 134 valence electrons. The number of anilines is 1. The summed E-state index contributed by atoms with van der Waals surface area (Å²) in [5, 5.41) is 0.535. The zero-order chi connectivity index (χ0) is 18.9. The molecule has 2 aromatic carbocycles. The molecular formula is C18H15BrN2O4S. The molecule has 0 bridgehead atoms. The highest BCUT2D eigenvalue weighted by molar-refractivity contribution is 9.12. The molecule has 0 fully saturated rings. The zero-order valence-corrected chi connectivity index (χ0v) is 16.1. The Labute approximate surface area is 159 Å². The average molecular weight is 435 g/mol. The van der Waals surface area contributed by atoms with E-state index < -0.39 is 16.0 Å². The summed E-state index contributed by atoms with van der Waals surface area (Å²) in [6.45, 7) is 0. The number of benzene rings is 2. The SMILES string of the molecule is COC(=O)/C(Br)=C/c1cn(S(=O)(=O)c2ccccc2)c2cccc(N)c12. The van der Waals surface area contributed by atoms with Gasteiger partial charge in [0.1, 0.15) is 4.48 Å². The van der Waals surface area contributed by atoms with Gasteiger partial charge in [0, 0.05) is 22.8 Å². The van der Waals surface area contributed by atoms with E-state index in [-0.39, 0.29) is 9.38 Å². The van der Waals surface area contributed by atoms with Crippen LogP contribution >= 0.6 is 15.9 Å². The molecule has 1 heterocycles. The minimum absolute atomic E-state index is 0.152. The van der Waals surface area contributed by atoms with Crippen LogP contribution in [0.15, 0.2) is 64.1 Å². The van der Waals surface area contributed by atoms with Crippen LogP contribution in [0.1, 0.15) is 5.56 Å². The molecule has 0 aliphatic rings. The normalized spacial score (nSPS) is 12.3. The average Bonchev–Trinajstić information content (AvgIpc) is 3.02. The van der Waals surface area contributed by atoms with E-state index in [2.05, 4.69) is 20.7 Å². The molecule has 0 radical (unpaired) electrons. The van der Waals surface area contributed by atoms with E-state index in [1.165, 1.54) is 31.5 Å². The van der Waals surface area contributed by atoms with E-state index in [1.807, 2.05) is 0 Å². The smallest absolute Gasteiger partial charge is 0.344 e. The van der Waals surface area contributed by atoms with Gasteiger partial charge in [0.05, 0.1) is 17.5 Å². The number of fused-ring (bicyclic) bond motifs is 1. The molecule has 6 nitrogen and oxygen atoms in total. The number of hydrogen-bond acceptors (Lipinski definition) is 5. The molecule has 0 saturated heterocycles. The third kappa shape index (κ3) is 3.13. The maximum atomic E-state index is 13.0. The second kappa shape index (κ2) is 6.97. The number of nitrogen functional groups attached to an aromatic ring is 1. The first-order chi connectivity index (χ1) is 12.4. The standard InChI is InChI=1S/C18H15BrN2O4S/c1-25-18(22)14(19)10-12-11-21(16-9-5-8-15(20)17(12)16)26(23,24)13-6-3-2-4-7-13/h2-11H,20H2,1H3/b14-10-. The summed E-state index contributed by atoms with van der Waals surface area (Å²) < 4.78 is 32.1. The van der Waals surface area contributed by atoms with Crippen molar-refractivity contribution < 1.29 is 17.9 Å². The van der Waals surface area contributed by atoms with Crippen molar-refractivity contribution in [1.82, 2.24) is 3.97 Å². The van der Waals surface area contributed by atoms with Gasteiger partial charge in [0.25, 0.3) is 10.0 Å². The Morgan fingerprint density at radius 1 is 1.15 bits per heavy atom. The number of carbonyl (C=O) groups excluding carboxylic acids is 1. The van der Waals surface area contributed by atoms with Gasteiger partial charge in [-0.25, -0.2) is 17.2 Å². The Hall–Kier alpha value is -2.58. The predicted octanol–water partition coefficient (Wildman–Crippen LogP) is 3.37. The van der Waals surface area contributed by atoms with Crippen LogP contribution < -0.4 is 5.73 Å². The highest BCUT2D eigenvalue weighted by Crippen LogP contribution is 2.32. The molecule has 3 rings (SSSR count). The second-order valence-corrected chi connectivity index (χ2v) is 8.09. The molecule has 0 amide bonds. The van der Waals surface area contributed by atoms with Gasteiger partial charge in [-0.3, -0.25) is 0 Å². The molecule has 26 heavy (non-hydrogen) atoms. The lowest BCUT2D eigenvalue weighted by Crippen LogP contribution is -2.11. The van der Waals surface area contributed by atoms with Gasteiger partial charge in [-0.05, 0) is 46.3 Å². The number of nitrogens with two attached hydrogens (primary N) is 1. The Morgan fingerprint density at radius 2 is 1.85 bits per heavy atom. The monoisotopic (exact) mass is 434 g/mol. The number of rotatable bonds is 4. The van der Waals surface area contributed by atoms with E-state index in [0.29, 0.717) is 22.2 Å². The maximum Gasteiger partial charge on any atom is 0.344 e. The fourth-order valence-corrected chi connectivity index (χ4v) is 4.42. The first-order valence-corrected chi connectivity index (χ1v) is 9.75. The molecule has 0 unspecified atom stereocenters. The minimum atomic E-state index is -3.82. The zero-order valence-electron chi connectivity index (χ0n) is 13.7. The number of carbonyl (C=O) groups is 1. The lowest BCUT2D eigenvalue weighted by Gasteiger charge is -2.07. The van der Waals surface area contributed by atoms with Gasteiger partial charge in [-0.15, -0.1) is 0 Å². The van der Waals surface area contributed by atoms with Crippen molar-refractivity contribution in [3.63, 3.8) is 0 Å². The third-order valence-corrected chi connectivity index (χ3v) is 6.06. The van der Waals surface area contributed by atoms with Crippen LogP contribution in [-0.2, 0) is 19.6 Å². The first kappa shape index (κ1) is 18.2. The second-order valence-electron chi connectivity index (χ2n) is 5.42. The van der Waals surface area contributed by atoms with Crippen LogP contribution in [0.25, 0.3) is 17.0 Å². The van der Waals surface area contributed by atoms with Crippen molar-refractivity contribution in [3.05, 3.63) is 64.8 Å². The molecule has 0 aliphatic heterocycles. The van der Waals surface area contributed by atoms with Gasteiger partial charge < -0.3 is 10.5 Å². The number of aromatic nitrogens is 1. The highest BCUT2D eigenvalue weighted by Gasteiger charge is 2.22. The third-order valence-electron chi connectivity index (χ3n) is 3.82. The van der Waals surface area contributed by atoms with Gasteiger partial charge in [0.15, 0.2) is 0 Å². The Bertz CT molecular complexity index is 1120. The quantitative estimate of drug-likeness (QED) is 0.386. The number of nitrogens with zero attached hydrogens (tertiary/aromatic N) is 1. The van der Waals surface area contributed by atoms with Crippen molar-refractivity contribution in [1.29, 1.82) is 0 Å². The molecular weight excluding hydrogens is 420 g/mol. The highest BCUT2D eigenvalue weighted by atomic mass is 79.9. The topological polar surface area (TPSA) is 91.4 Å². The van der Waals surface area contributed by atoms with Crippen LogP contribution in [0.2, 0.25) is 0 Å². The minimum Gasteiger partial charge on any atom is -0.465 e. The first-order valence-electron chi connectivity index (χ1n) is 7.52. The lowest BCUT2D eigenvalue weighted by atomic mass is 10.1. The van der Waals surface area contributed by atoms with Crippen molar-refractivity contribution in [2.75, 3.05) is 12.8 Å². The largest absolute Gasteiger partial charge is 0.465 e. The van der Waals surface area contributed by atoms with Crippen molar-refractivity contribution in [2.45, 2.75) is 4.90 Å². The Balaban J connectivity index is 2.30. The van der Waals surface area contributed by atoms with E-state index in [1.54, 1.807) is 36.4 Å². The molecule has 3 aromatic rings. The lowest BCUT2D eigenvalue weighted by molar-refractivity contribution is -0.135. The van der Waals surface area contributed by atoms with Crippen molar-refractivity contribution in [3.8, 4) is 0 Å². The fraction of sp³-hybridized carbons (Fsp3) is 0.0556. The van der Waals surface area contributed by atoms with Crippen LogP contribution in [0.4, 0.5) is 5.69 Å². The summed E-state index contributed by atoms with van der Waals surface area (Å²) >= 11 is 3.14. The van der Waals surface area contributed by atoms with Crippen molar-refractivity contribution in [2.24, 2.45) is 0 Å². The van der Waals surface area contributed by atoms with Gasteiger partial charge in [0.2, 0.25) is 0 Å². The molecule has 0 saturated carbocycles. The molecule has 1 aromatic heterocycles. The molecule has 0 atom stereocenters. The van der Waals surface area contributed by atoms with Crippen molar-refractivity contribution >= 4 is 54.6 Å². The molecule has 0 spiro atoms. The summed E-state index contributed by atoms with van der Waals surface area (Å²) in [5.41, 5.74) is 7.37. The molecule has 2 N–H and O–H groups in total. The summed E-state index contributed by atoms with van der Waals surface area (Å²) in [7, 11) is -2.56. The van der Waals surface area contributed by atoms with Crippen LogP contribution in [0, 0.1) is 0 Å². The van der Waals surface area contributed by atoms with E-state index in [0.717, 1.165) is 3.97 Å². The van der Waals surface area contributed by atoms with Crippen LogP contribution in [0.3, 0.4) is 0 Å². The summed E-state index contributed by atoms with van der Waals surface area (Å²) in [5.74, 6) is -0.577. The number of esters is 1. The van der Waals surface area contributed by atoms with E-state index in [9.17, 15) is 13.2 Å². The van der Waals surface area contributed by atoms with Crippen LogP contribution in [-0.4, -0.2) is 25.5 Å². The Kier molecular flexibility index (Phi) is 4.88. The van der Waals surface area contributed by atoms with Gasteiger partial charge in [-0.1, -0.05) is 24.3 Å². The predicted molar refractivity (Wildman–Crippen MR) is 104 cm³/mol. The number of ether oxygens (including phenoxy) is 1. The van der Waals surface area contributed by atoms with E-state index in [4.69, 9.17) is 5.73 Å². The molecule has 0 aliphatic carbocycles. The fourth-order valence-electron chi connectivity index (χ4n) is 2.62. The number of halogens is 1. The Morgan fingerprint density at radius 3 is 2.50 bits per heavy atom. The van der Waals surface area contributed by atoms with Gasteiger partial charge in [-0.2, -0.15) is 0 Å². The molecule has 8 heteroatoms. The number of hydrogen-bond donors (Lipinski definition) is 1. The van der Waals surface area contributed by atoms with Gasteiger partial charge >= 0.3 is 5.97 Å². The maximum absolute atomic E-state index is 13.0. The summed E-state index contributed by atoms with van der Waals surface area (Å²) in [6, 6.07) is 13.1.